The van der Waals surface area contributed by atoms with Crippen molar-refractivity contribution in [3.8, 4) is 0 Å². The average molecular weight is 329 g/mol. The van der Waals surface area contributed by atoms with Crippen molar-refractivity contribution >= 4 is 23.6 Å². The van der Waals surface area contributed by atoms with E-state index in [0.29, 0.717) is 17.9 Å². The lowest BCUT2D eigenvalue weighted by Gasteiger charge is -2.46. The summed E-state index contributed by atoms with van der Waals surface area (Å²) in [6, 6.07) is 7.25. The number of rotatable bonds is 3. The van der Waals surface area contributed by atoms with Gasteiger partial charge in [-0.15, -0.1) is 0 Å². The van der Waals surface area contributed by atoms with E-state index in [1.807, 2.05) is 17.0 Å². The molecule has 1 saturated carbocycles. The molecule has 1 aliphatic carbocycles. The highest BCUT2D eigenvalue weighted by atomic mass is 16.5. The van der Waals surface area contributed by atoms with Crippen LogP contribution in [0.25, 0.3) is 0 Å². The van der Waals surface area contributed by atoms with Crippen molar-refractivity contribution in [2.45, 2.75) is 44.7 Å². The number of ether oxygens (including phenoxy) is 1. The molecule has 0 atom stereocenters. The first kappa shape index (κ1) is 16.3. The number of aliphatic imine (C=N–C) groups is 2. The van der Waals surface area contributed by atoms with Crippen molar-refractivity contribution in [2.24, 2.45) is 21.5 Å². The number of carbonyl (C=O) groups excluding carboxylic acids is 1. The third-order valence-corrected chi connectivity index (χ3v) is 4.49. The number of anilines is 1. The van der Waals surface area contributed by atoms with Crippen molar-refractivity contribution in [1.82, 2.24) is 0 Å². The van der Waals surface area contributed by atoms with Gasteiger partial charge in [0.2, 0.25) is 11.9 Å². The molecule has 1 aromatic carbocycles. The molecule has 1 fully saturated rings. The Kier molecular flexibility index (Phi) is 4.42. The van der Waals surface area contributed by atoms with E-state index >= 15 is 0 Å². The van der Waals surface area contributed by atoms with Crippen LogP contribution in [-0.4, -0.2) is 30.2 Å². The molecular formula is C17H23N5O2. The molecule has 3 rings (SSSR count). The molecule has 0 amide bonds. The van der Waals surface area contributed by atoms with Crippen molar-refractivity contribution in [1.29, 1.82) is 0 Å². The molecule has 4 N–H and O–H groups in total. The van der Waals surface area contributed by atoms with Crippen LogP contribution in [0.5, 0.6) is 0 Å². The summed E-state index contributed by atoms with van der Waals surface area (Å²) in [5.74, 6) is 0.0785. The summed E-state index contributed by atoms with van der Waals surface area (Å²) in [6.07, 6.45) is 4.86. The summed E-state index contributed by atoms with van der Waals surface area (Å²) in [5, 5.41) is 0. The predicted octanol–water partition coefficient (Wildman–Crippen LogP) is 1.97. The van der Waals surface area contributed by atoms with Gasteiger partial charge in [0.1, 0.15) is 5.66 Å². The lowest BCUT2D eigenvalue weighted by Crippen LogP contribution is -2.58. The number of guanidine groups is 2. The first-order chi connectivity index (χ1) is 11.6. The minimum atomic E-state index is -0.573. The highest BCUT2D eigenvalue weighted by molar-refractivity contribution is 6.09. The number of nitrogens with zero attached hydrogens (tertiary/aromatic N) is 3. The van der Waals surface area contributed by atoms with Crippen LogP contribution in [0.15, 0.2) is 34.3 Å². The van der Waals surface area contributed by atoms with Crippen molar-refractivity contribution in [3.63, 3.8) is 0 Å². The second-order valence-electron chi connectivity index (χ2n) is 6.06. The molecule has 0 bridgehead atoms. The molecule has 24 heavy (non-hydrogen) atoms. The van der Waals surface area contributed by atoms with E-state index in [2.05, 4.69) is 9.98 Å². The lowest BCUT2D eigenvalue weighted by atomic mass is 9.87. The minimum absolute atomic E-state index is 0.194. The zero-order valence-corrected chi connectivity index (χ0v) is 13.9. The van der Waals surface area contributed by atoms with Crippen molar-refractivity contribution in [3.05, 3.63) is 29.8 Å². The Morgan fingerprint density at radius 1 is 1.25 bits per heavy atom. The molecule has 2 aliphatic rings. The highest BCUT2D eigenvalue weighted by Crippen LogP contribution is 2.40. The molecule has 1 aliphatic heterocycles. The monoisotopic (exact) mass is 329 g/mol. The summed E-state index contributed by atoms with van der Waals surface area (Å²) in [5.41, 5.74) is 12.6. The standard InChI is InChI=1S/C17H23N5O2/c1-2-24-14(23)12-8-4-5-9-13(12)22-16(19)20-15(18)21-17(22)10-6-3-7-11-17/h4-5,8-9H,2-3,6-7,10-11H2,1H3,(H4,18,19,20,21). The average Bonchev–Trinajstić information content (AvgIpc) is 2.55. The Morgan fingerprint density at radius 3 is 2.67 bits per heavy atom. The van der Waals surface area contributed by atoms with Crippen LogP contribution in [-0.2, 0) is 4.74 Å². The number of benzene rings is 1. The number of hydrogen-bond acceptors (Lipinski definition) is 7. The van der Waals surface area contributed by atoms with Gasteiger partial charge < -0.3 is 16.2 Å². The van der Waals surface area contributed by atoms with Gasteiger partial charge in [-0.2, -0.15) is 4.99 Å². The Labute approximate surface area is 141 Å². The summed E-state index contributed by atoms with van der Waals surface area (Å²) in [6.45, 7) is 2.10. The number of para-hydroxylation sites is 1. The molecule has 0 saturated heterocycles. The maximum Gasteiger partial charge on any atom is 0.340 e. The van der Waals surface area contributed by atoms with Gasteiger partial charge in [0, 0.05) is 0 Å². The third kappa shape index (κ3) is 2.81. The molecule has 1 spiro atoms. The lowest BCUT2D eigenvalue weighted by molar-refractivity contribution is 0.0527. The first-order valence-corrected chi connectivity index (χ1v) is 8.33. The largest absolute Gasteiger partial charge is 0.462 e. The Bertz CT molecular complexity index is 692. The molecule has 128 valence electrons. The number of carbonyl (C=O) groups is 1. The summed E-state index contributed by atoms with van der Waals surface area (Å²) < 4.78 is 5.18. The van der Waals surface area contributed by atoms with Crippen LogP contribution in [0.4, 0.5) is 5.69 Å². The summed E-state index contributed by atoms with van der Waals surface area (Å²) in [7, 11) is 0. The molecule has 0 unspecified atom stereocenters. The minimum Gasteiger partial charge on any atom is -0.462 e. The van der Waals surface area contributed by atoms with Gasteiger partial charge in [-0.1, -0.05) is 18.6 Å². The Morgan fingerprint density at radius 2 is 1.96 bits per heavy atom. The SMILES string of the molecule is CCOC(=O)c1ccccc1N1C(N)=NC(N)=NC12CCCCC2. The van der Waals surface area contributed by atoms with Gasteiger partial charge in [-0.3, -0.25) is 4.90 Å². The van der Waals surface area contributed by atoms with Crippen molar-refractivity contribution < 1.29 is 9.53 Å². The van der Waals surface area contributed by atoms with E-state index in [0.717, 1.165) is 32.1 Å². The van der Waals surface area contributed by atoms with Crippen LogP contribution in [0.2, 0.25) is 0 Å². The zero-order valence-electron chi connectivity index (χ0n) is 13.9. The van der Waals surface area contributed by atoms with Gasteiger partial charge in [0.05, 0.1) is 17.9 Å². The predicted molar refractivity (Wildman–Crippen MR) is 93.9 cm³/mol. The van der Waals surface area contributed by atoms with Crippen LogP contribution in [0.3, 0.4) is 0 Å². The topological polar surface area (TPSA) is 106 Å². The van der Waals surface area contributed by atoms with E-state index in [1.54, 1.807) is 19.1 Å². The van der Waals surface area contributed by atoms with Gasteiger partial charge in [-0.25, -0.2) is 9.79 Å². The second kappa shape index (κ2) is 6.51. The molecule has 7 nitrogen and oxygen atoms in total. The Balaban J connectivity index is 2.09. The molecule has 1 heterocycles. The number of esters is 1. The smallest absolute Gasteiger partial charge is 0.340 e. The highest BCUT2D eigenvalue weighted by Gasteiger charge is 2.43. The summed E-state index contributed by atoms with van der Waals surface area (Å²) >= 11 is 0. The van der Waals surface area contributed by atoms with E-state index < -0.39 is 5.66 Å². The van der Waals surface area contributed by atoms with Crippen LogP contribution in [0, 0.1) is 0 Å². The molecular weight excluding hydrogens is 306 g/mol. The fourth-order valence-corrected chi connectivity index (χ4v) is 3.52. The fraction of sp³-hybridized carbons (Fsp3) is 0.471. The third-order valence-electron chi connectivity index (χ3n) is 4.49. The quantitative estimate of drug-likeness (QED) is 0.825. The molecule has 7 heteroatoms. The fourth-order valence-electron chi connectivity index (χ4n) is 3.52. The van der Waals surface area contributed by atoms with E-state index in [1.165, 1.54) is 0 Å². The van der Waals surface area contributed by atoms with Gasteiger partial charge in [-0.05, 0) is 44.7 Å². The van der Waals surface area contributed by atoms with Gasteiger partial charge in [0.15, 0.2) is 0 Å². The van der Waals surface area contributed by atoms with E-state index in [4.69, 9.17) is 16.2 Å². The Hall–Kier alpha value is -2.57. The molecule has 0 aromatic heterocycles. The van der Waals surface area contributed by atoms with Gasteiger partial charge in [0.25, 0.3) is 0 Å². The van der Waals surface area contributed by atoms with Gasteiger partial charge >= 0.3 is 5.97 Å². The number of nitrogens with two attached hydrogens (primary N) is 2. The normalized spacial score (nSPS) is 19.6. The van der Waals surface area contributed by atoms with E-state index in [-0.39, 0.29) is 17.9 Å². The van der Waals surface area contributed by atoms with Crippen LogP contribution < -0.4 is 16.4 Å². The maximum atomic E-state index is 12.4. The summed E-state index contributed by atoms with van der Waals surface area (Å²) in [4.78, 5) is 23.0. The first-order valence-electron chi connectivity index (χ1n) is 8.33. The number of hydrogen-bond donors (Lipinski definition) is 2. The zero-order chi connectivity index (χ0) is 17.2. The van der Waals surface area contributed by atoms with E-state index in [9.17, 15) is 4.79 Å². The van der Waals surface area contributed by atoms with Crippen LogP contribution >= 0.6 is 0 Å². The van der Waals surface area contributed by atoms with Crippen LogP contribution in [0.1, 0.15) is 49.4 Å². The molecule has 1 aromatic rings. The second-order valence-corrected chi connectivity index (χ2v) is 6.06. The molecule has 0 radical (unpaired) electrons. The maximum absolute atomic E-state index is 12.4. The van der Waals surface area contributed by atoms with Crippen molar-refractivity contribution in [2.75, 3.05) is 11.5 Å².